The molecule has 0 spiro atoms. The Balaban J connectivity index is 2.85. The molecule has 0 atom stereocenters. The Morgan fingerprint density at radius 1 is 1.70 bits per heavy atom. The lowest BCUT2D eigenvalue weighted by Crippen LogP contribution is -2.23. The number of hydrogen-bond donors (Lipinski definition) is 0. The third-order valence-electron chi connectivity index (χ3n) is 1.29. The quantitative estimate of drug-likeness (QED) is 0.428. The molecule has 0 aliphatic heterocycles. The summed E-state index contributed by atoms with van der Waals surface area (Å²) in [6, 6.07) is 0. The largest absolute Gasteiger partial charge is 0.466 e. The van der Waals surface area contributed by atoms with E-state index < -0.39 is 0 Å². The number of rotatable bonds is 2. The average molecular weight is 139 g/mol. The Labute approximate surface area is 60.2 Å². The lowest BCUT2D eigenvalue weighted by molar-refractivity contribution is -0.670. The minimum atomic E-state index is 0.626. The fourth-order valence-corrected chi connectivity index (χ4v) is 0.703. The molecule has 0 saturated heterocycles. The topological polar surface area (TPSA) is 18.0 Å². The molecule has 1 aromatic heterocycles. The van der Waals surface area contributed by atoms with Crippen molar-refractivity contribution in [2.75, 3.05) is 7.11 Å². The van der Waals surface area contributed by atoms with Crippen molar-refractivity contribution in [3.05, 3.63) is 25.3 Å². The second kappa shape index (κ2) is 2.56. The first-order chi connectivity index (χ1) is 4.74. The molecule has 0 aromatic carbocycles. The zero-order valence-corrected chi connectivity index (χ0v) is 6.24. The van der Waals surface area contributed by atoms with Crippen LogP contribution in [0.1, 0.15) is 0 Å². The van der Waals surface area contributed by atoms with Crippen molar-refractivity contribution in [1.82, 2.24) is 4.57 Å². The summed E-state index contributed by atoms with van der Waals surface area (Å²) in [7, 11) is 3.54. The van der Waals surface area contributed by atoms with E-state index >= 15 is 0 Å². The molecule has 3 nitrogen and oxygen atoms in total. The predicted octanol–water partition coefficient (Wildman–Crippen LogP) is 0.387. The van der Waals surface area contributed by atoms with Gasteiger partial charge >= 0.3 is 0 Å². The highest BCUT2D eigenvalue weighted by Crippen LogP contribution is 1.97. The standard InChI is InChI=1S/C7H11N2O/c1-7(10-3)9-5-4-8(2)6-9/h4-6H,1H2,2-3H3/q+1. The van der Waals surface area contributed by atoms with Gasteiger partial charge < -0.3 is 4.74 Å². The minimum absolute atomic E-state index is 0.626. The van der Waals surface area contributed by atoms with Gasteiger partial charge in [-0.15, -0.1) is 0 Å². The normalized spacial score (nSPS) is 9.40. The van der Waals surface area contributed by atoms with Gasteiger partial charge in [0.05, 0.1) is 14.2 Å². The monoisotopic (exact) mass is 139 g/mol. The molecule has 0 fully saturated rings. The van der Waals surface area contributed by atoms with Gasteiger partial charge in [0, 0.05) is 0 Å². The number of aryl methyl sites for hydroxylation is 1. The van der Waals surface area contributed by atoms with E-state index in [1.165, 1.54) is 0 Å². The molecular formula is C7H11N2O+. The fourth-order valence-electron chi connectivity index (χ4n) is 0.703. The molecule has 0 saturated carbocycles. The van der Waals surface area contributed by atoms with Crippen molar-refractivity contribution in [2.45, 2.75) is 0 Å². The van der Waals surface area contributed by atoms with Gasteiger partial charge in [-0.1, -0.05) is 0 Å². The van der Waals surface area contributed by atoms with Gasteiger partial charge in [-0.2, -0.15) is 4.57 Å². The van der Waals surface area contributed by atoms with Gasteiger partial charge in [0.15, 0.2) is 0 Å². The van der Waals surface area contributed by atoms with Crippen LogP contribution in [0.5, 0.6) is 0 Å². The van der Waals surface area contributed by atoms with Crippen LogP contribution in [0.2, 0.25) is 0 Å². The zero-order valence-electron chi connectivity index (χ0n) is 6.24. The second-order valence-corrected chi connectivity index (χ2v) is 2.08. The molecule has 0 aliphatic rings. The van der Waals surface area contributed by atoms with Gasteiger partial charge in [0.2, 0.25) is 0 Å². The van der Waals surface area contributed by atoms with Gasteiger partial charge in [-0.25, -0.2) is 4.57 Å². The van der Waals surface area contributed by atoms with E-state index in [1.807, 2.05) is 30.3 Å². The van der Waals surface area contributed by atoms with Crippen molar-refractivity contribution in [3.8, 4) is 0 Å². The highest BCUT2D eigenvalue weighted by atomic mass is 16.5. The predicted molar refractivity (Wildman–Crippen MR) is 37.9 cm³/mol. The second-order valence-electron chi connectivity index (χ2n) is 2.08. The Kier molecular flexibility index (Phi) is 1.76. The number of imidazole rings is 1. The van der Waals surface area contributed by atoms with Gasteiger partial charge in [0.25, 0.3) is 12.2 Å². The van der Waals surface area contributed by atoms with E-state index in [2.05, 4.69) is 6.58 Å². The third-order valence-corrected chi connectivity index (χ3v) is 1.29. The summed E-state index contributed by atoms with van der Waals surface area (Å²) in [5.74, 6) is 0.626. The van der Waals surface area contributed by atoms with Gasteiger partial charge in [-0.05, 0) is 6.58 Å². The van der Waals surface area contributed by atoms with Crippen molar-refractivity contribution in [2.24, 2.45) is 7.05 Å². The molecule has 10 heavy (non-hydrogen) atoms. The molecule has 0 radical (unpaired) electrons. The number of ether oxygens (including phenoxy) is 1. The lowest BCUT2D eigenvalue weighted by atomic mass is 10.8. The first-order valence-electron chi connectivity index (χ1n) is 3.00. The Bertz CT molecular complexity index is 240. The summed E-state index contributed by atoms with van der Waals surface area (Å²) >= 11 is 0. The van der Waals surface area contributed by atoms with Crippen LogP contribution in [0.3, 0.4) is 0 Å². The molecule has 0 amide bonds. The highest BCUT2D eigenvalue weighted by Gasteiger charge is 2.02. The number of aromatic nitrogens is 2. The van der Waals surface area contributed by atoms with Gasteiger partial charge in [0.1, 0.15) is 12.4 Å². The summed E-state index contributed by atoms with van der Waals surface area (Å²) in [6.45, 7) is 3.68. The Hall–Kier alpha value is -1.25. The molecule has 54 valence electrons. The maximum Gasteiger partial charge on any atom is 0.280 e. The van der Waals surface area contributed by atoms with E-state index in [0.717, 1.165) is 0 Å². The van der Waals surface area contributed by atoms with Gasteiger partial charge in [-0.3, -0.25) is 0 Å². The third kappa shape index (κ3) is 1.18. The maximum atomic E-state index is 4.90. The summed E-state index contributed by atoms with van der Waals surface area (Å²) in [5.41, 5.74) is 0. The SMILES string of the molecule is C=C(OC)n1cc[n+](C)c1. The molecular weight excluding hydrogens is 128 g/mol. The van der Waals surface area contributed by atoms with Crippen LogP contribution >= 0.6 is 0 Å². The van der Waals surface area contributed by atoms with E-state index in [4.69, 9.17) is 4.74 Å². The molecule has 0 bridgehead atoms. The molecule has 1 aromatic rings. The van der Waals surface area contributed by atoms with E-state index in [9.17, 15) is 0 Å². The maximum absolute atomic E-state index is 4.90. The van der Waals surface area contributed by atoms with E-state index in [0.29, 0.717) is 5.88 Å². The molecule has 1 heterocycles. The number of hydrogen-bond acceptors (Lipinski definition) is 1. The van der Waals surface area contributed by atoms with Crippen LogP contribution in [0.25, 0.3) is 5.88 Å². The molecule has 0 unspecified atom stereocenters. The summed E-state index contributed by atoms with van der Waals surface area (Å²) < 4.78 is 8.63. The van der Waals surface area contributed by atoms with Crippen molar-refractivity contribution in [1.29, 1.82) is 0 Å². The fraction of sp³-hybridized carbons (Fsp3) is 0.286. The number of methoxy groups -OCH3 is 1. The first-order valence-corrected chi connectivity index (χ1v) is 3.00. The average Bonchev–Trinajstić information content (AvgIpc) is 2.34. The summed E-state index contributed by atoms with van der Waals surface area (Å²) in [6.07, 6.45) is 5.68. The van der Waals surface area contributed by atoms with Crippen LogP contribution in [-0.4, -0.2) is 11.7 Å². The molecule has 0 N–H and O–H groups in total. The Morgan fingerprint density at radius 3 is 2.80 bits per heavy atom. The van der Waals surface area contributed by atoms with Crippen molar-refractivity contribution in [3.63, 3.8) is 0 Å². The first kappa shape index (κ1) is 6.86. The summed E-state index contributed by atoms with van der Waals surface area (Å²) in [4.78, 5) is 0. The molecule has 0 aliphatic carbocycles. The van der Waals surface area contributed by atoms with Crippen LogP contribution < -0.4 is 4.57 Å². The zero-order chi connectivity index (χ0) is 7.56. The van der Waals surface area contributed by atoms with Crippen molar-refractivity contribution < 1.29 is 9.30 Å². The number of nitrogens with zero attached hydrogens (tertiary/aromatic N) is 2. The van der Waals surface area contributed by atoms with Crippen LogP contribution in [0, 0.1) is 0 Å². The minimum Gasteiger partial charge on any atom is -0.466 e. The Morgan fingerprint density at radius 2 is 2.40 bits per heavy atom. The lowest BCUT2D eigenvalue weighted by Gasteiger charge is -1.94. The summed E-state index contributed by atoms with van der Waals surface area (Å²) in [5, 5.41) is 0. The van der Waals surface area contributed by atoms with Crippen LogP contribution in [0.4, 0.5) is 0 Å². The van der Waals surface area contributed by atoms with E-state index in [-0.39, 0.29) is 0 Å². The van der Waals surface area contributed by atoms with Crippen molar-refractivity contribution >= 4 is 5.88 Å². The highest BCUT2D eigenvalue weighted by molar-refractivity contribution is 5.29. The smallest absolute Gasteiger partial charge is 0.280 e. The molecule has 1 rings (SSSR count). The van der Waals surface area contributed by atoms with E-state index in [1.54, 1.807) is 11.7 Å². The van der Waals surface area contributed by atoms with Crippen LogP contribution in [0.15, 0.2) is 25.3 Å². The van der Waals surface area contributed by atoms with Crippen LogP contribution in [-0.2, 0) is 11.8 Å². The molecule has 3 heteroatoms.